The van der Waals surface area contributed by atoms with Gasteiger partial charge in [0.15, 0.2) is 0 Å². The van der Waals surface area contributed by atoms with E-state index in [9.17, 15) is 28.8 Å². The van der Waals surface area contributed by atoms with Gasteiger partial charge >= 0.3 is 0 Å². The number of rotatable bonds is 18. The van der Waals surface area contributed by atoms with Crippen LogP contribution >= 0.6 is 0 Å². The summed E-state index contributed by atoms with van der Waals surface area (Å²) in [6, 6.07) is 15.2. The average Bonchev–Trinajstić information content (AvgIpc) is 3.92. The molecule has 4 rings (SSSR count). The first kappa shape index (κ1) is 47.0. The first-order chi connectivity index (χ1) is 28.8. The van der Waals surface area contributed by atoms with E-state index in [0.717, 1.165) is 24.0 Å². The van der Waals surface area contributed by atoms with Crippen molar-refractivity contribution in [3.63, 3.8) is 0 Å². The van der Waals surface area contributed by atoms with Crippen LogP contribution in [-0.4, -0.2) is 109 Å². The molecular formula is C46H62N8O6. The Morgan fingerprint density at radius 1 is 0.583 bits per heavy atom. The minimum atomic E-state index is -0.980. The molecule has 0 unspecified atom stereocenters. The SMILES string of the molecule is CN[C@@H](C)C(=O)N[C@@H](CC#CC#CC[C@H](NC(=O)[C@H](C)NC)C(=O)N1CCC[C@H]1CC(=O)N[C@H](C)c1ccccc1)C(=O)N1CCC[C@H]1CC(=O)N[C@H](C)c1ccccc1. The first-order valence-electron chi connectivity index (χ1n) is 21.0. The Morgan fingerprint density at radius 2 is 0.950 bits per heavy atom. The zero-order valence-electron chi connectivity index (χ0n) is 35.8. The number of nitrogens with one attached hydrogen (secondary N) is 6. The van der Waals surface area contributed by atoms with E-state index in [2.05, 4.69) is 55.6 Å². The Hall–Kier alpha value is -5.70. The standard InChI is InChI=1S/C46H62N8O6/c1-31(35-19-11-9-12-20-35)49-41(55)29-37-23-17-27-53(37)45(59)39(51-43(57)33(3)47-5)25-15-7-8-16-26-40(52-44(58)34(4)48-6)46(60)54-28-18-24-38(54)30-42(56)50-32(2)36-21-13-10-14-22-36/h9-14,19-22,31-34,37-40,47-48H,17-18,23-30H2,1-6H3,(H,49,55)(H,50,56)(H,51,57)(H,52,58)/t31-,32-,33+,34+,37+,38+,39+,40+/m1/s1. The van der Waals surface area contributed by atoms with Crippen LogP contribution in [0.5, 0.6) is 0 Å². The van der Waals surface area contributed by atoms with Crippen LogP contribution in [0, 0.1) is 23.7 Å². The Kier molecular flexibility index (Phi) is 18.6. The van der Waals surface area contributed by atoms with Crippen molar-refractivity contribution >= 4 is 35.4 Å². The third-order valence-electron chi connectivity index (χ3n) is 11.3. The summed E-state index contributed by atoms with van der Waals surface area (Å²) in [4.78, 5) is 83.4. The second-order valence-electron chi connectivity index (χ2n) is 15.6. The Bertz CT molecular complexity index is 1770. The maximum Gasteiger partial charge on any atom is 0.246 e. The fourth-order valence-electron chi connectivity index (χ4n) is 7.41. The van der Waals surface area contributed by atoms with Crippen LogP contribution in [0.15, 0.2) is 60.7 Å². The first-order valence-corrected chi connectivity index (χ1v) is 21.0. The maximum absolute atomic E-state index is 14.0. The number of likely N-dealkylation sites (N-methyl/N-ethyl adjacent to an activating group) is 2. The van der Waals surface area contributed by atoms with Gasteiger partial charge in [-0.15, -0.1) is 0 Å². The van der Waals surface area contributed by atoms with Crippen LogP contribution in [-0.2, 0) is 28.8 Å². The predicted octanol–water partition coefficient (Wildman–Crippen LogP) is 2.48. The highest BCUT2D eigenvalue weighted by molar-refractivity contribution is 5.91. The number of benzene rings is 2. The minimum Gasteiger partial charge on any atom is -0.350 e. The lowest BCUT2D eigenvalue weighted by atomic mass is 10.1. The summed E-state index contributed by atoms with van der Waals surface area (Å²) >= 11 is 0. The predicted molar refractivity (Wildman–Crippen MR) is 230 cm³/mol. The summed E-state index contributed by atoms with van der Waals surface area (Å²) in [5, 5.41) is 17.5. The van der Waals surface area contributed by atoms with Gasteiger partial charge in [0.1, 0.15) is 12.1 Å². The van der Waals surface area contributed by atoms with Crippen LogP contribution in [0.25, 0.3) is 0 Å². The minimum absolute atomic E-state index is 0.0324. The molecule has 14 heteroatoms. The number of carbonyl (C=O) groups excluding carboxylic acids is 6. The second kappa shape index (κ2) is 23.8. The fraction of sp³-hybridized carbons (Fsp3) is 0.522. The van der Waals surface area contributed by atoms with E-state index in [-0.39, 0.29) is 85.3 Å². The molecule has 2 aliphatic heterocycles. The van der Waals surface area contributed by atoms with Crippen LogP contribution in [0.1, 0.15) is 102 Å². The van der Waals surface area contributed by atoms with Crippen molar-refractivity contribution in [2.24, 2.45) is 0 Å². The molecule has 6 N–H and O–H groups in total. The largest absolute Gasteiger partial charge is 0.350 e. The van der Waals surface area contributed by atoms with Crippen molar-refractivity contribution in [1.82, 2.24) is 41.7 Å². The molecule has 2 aromatic rings. The van der Waals surface area contributed by atoms with Gasteiger partial charge in [-0.05, 0) is 90.4 Å². The molecule has 0 radical (unpaired) electrons. The third-order valence-corrected chi connectivity index (χ3v) is 11.3. The van der Waals surface area contributed by atoms with Crippen LogP contribution in [0.2, 0.25) is 0 Å². The van der Waals surface area contributed by atoms with Crippen molar-refractivity contribution in [2.75, 3.05) is 27.2 Å². The van der Waals surface area contributed by atoms with Crippen LogP contribution in [0.3, 0.4) is 0 Å². The van der Waals surface area contributed by atoms with Gasteiger partial charge in [0.2, 0.25) is 35.4 Å². The monoisotopic (exact) mass is 822 g/mol. The number of amides is 6. The fourth-order valence-corrected chi connectivity index (χ4v) is 7.41. The number of hydrogen-bond donors (Lipinski definition) is 6. The smallest absolute Gasteiger partial charge is 0.246 e. The summed E-state index contributed by atoms with van der Waals surface area (Å²) in [5.74, 6) is 9.63. The van der Waals surface area contributed by atoms with Crippen molar-refractivity contribution < 1.29 is 28.8 Å². The van der Waals surface area contributed by atoms with E-state index >= 15 is 0 Å². The molecule has 0 bridgehead atoms. The number of hydrogen-bond acceptors (Lipinski definition) is 8. The van der Waals surface area contributed by atoms with Gasteiger partial charge in [-0.25, -0.2) is 0 Å². The van der Waals surface area contributed by atoms with Crippen molar-refractivity contribution in [2.45, 2.75) is 127 Å². The van der Waals surface area contributed by atoms with E-state index < -0.39 is 24.2 Å². The quantitative estimate of drug-likeness (QED) is 0.124. The Balaban J connectivity index is 1.42. The molecule has 0 aliphatic carbocycles. The Morgan fingerprint density at radius 3 is 1.30 bits per heavy atom. The number of nitrogens with zero attached hydrogens (tertiary/aromatic N) is 2. The molecule has 2 aromatic carbocycles. The molecule has 2 fully saturated rings. The van der Waals surface area contributed by atoms with Crippen molar-refractivity contribution in [1.29, 1.82) is 0 Å². The molecule has 2 aliphatic rings. The highest BCUT2D eigenvalue weighted by atomic mass is 16.2. The van der Waals surface area contributed by atoms with E-state index in [0.29, 0.717) is 25.9 Å². The van der Waals surface area contributed by atoms with E-state index in [1.807, 2.05) is 74.5 Å². The van der Waals surface area contributed by atoms with Crippen molar-refractivity contribution in [3.05, 3.63) is 71.8 Å². The van der Waals surface area contributed by atoms with Gasteiger partial charge in [-0.3, -0.25) is 28.8 Å². The molecule has 0 saturated carbocycles. The van der Waals surface area contributed by atoms with Crippen LogP contribution < -0.4 is 31.9 Å². The molecule has 14 nitrogen and oxygen atoms in total. The molecule has 2 saturated heterocycles. The second-order valence-corrected chi connectivity index (χ2v) is 15.6. The lowest BCUT2D eigenvalue weighted by molar-refractivity contribution is -0.138. The third kappa shape index (κ3) is 14.0. The summed E-state index contributed by atoms with van der Waals surface area (Å²) in [6.45, 7) is 8.11. The molecule has 322 valence electrons. The number of likely N-dealkylation sites (tertiary alicyclic amines) is 2. The highest BCUT2D eigenvalue weighted by Crippen LogP contribution is 2.24. The topological polar surface area (TPSA) is 181 Å². The van der Waals surface area contributed by atoms with E-state index in [1.54, 1.807) is 37.7 Å². The summed E-state index contributed by atoms with van der Waals surface area (Å²) in [5.41, 5.74) is 1.96. The maximum atomic E-state index is 14.0. The Labute approximate surface area is 355 Å². The molecule has 2 heterocycles. The average molecular weight is 823 g/mol. The normalized spacial score (nSPS) is 18.8. The zero-order valence-corrected chi connectivity index (χ0v) is 35.8. The van der Waals surface area contributed by atoms with E-state index in [1.165, 1.54) is 0 Å². The highest BCUT2D eigenvalue weighted by Gasteiger charge is 2.37. The van der Waals surface area contributed by atoms with Gasteiger partial charge < -0.3 is 41.7 Å². The van der Waals surface area contributed by atoms with E-state index in [4.69, 9.17) is 0 Å². The van der Waals surface area contributed by atoms with Gasteiger partial charge in [-0.2, -0.15) is 0 Å². The molecule has 0 spiro atoms. The van der Waals surface area contributed by atoms with Gasteiger partial charge in [-0.1, -0.05) is 72.5 Å². The molecule has 60 heavy (non-hydrogen) atoms. The lowest BCUT2D eigenvalue weighted by Gasteiger charge is -2.29. The molecule has 6 amide bonds. The van der Waals surface area contributed by atoms with Gasteiger partial charge in [0, 0.05) is 50.9 Å². The zero-order chi connectivity index (χ0) is 43.6. The summed E-state index contributed by atoms with van der Waals surface area (Å²) in [7, 11) is 3.30. The van der Waals surface area contributed by atoms with Crippen molar-refractivity contribution in [3.8, 4) is 23.7 Å². The lowest BCUT2D eigenvalue weighted by Crippen LogP contribution is -2.53. The molecule has 8 atom stereocenters. The summed E-state index contributed by atoms with van der Waals surface area (Å²) < 4.78 is 0. The van der Waals surface area contributed by atoms with Crippen LogP contribution in [0.4, 0.5) is 0 Å². The number of carbonyl (C=O) groups is 6. The molecular weight excluding hydrogens is 761 g/mol. The van der Waals surface area contributed by atoms with Gasteiger partial charge in [0.05, 0.1) is 24.2 Å². The van der Waals surface area contributed by atoms with Gasteiger partial charge in [0.25, 0.3) is 0 Å². The molecule has 0 aromatic heterocycles. The summed E-state index contributed by atoms with van der Waals surface area (Å²) in [6.07, 6.45) is 2.98.